The summed E-state index contributed by atoms with van der Waals surface area (Å²) < 4.78 is 221. The van der Waals surface area contributed by atoms with E-state index in [9.17, 15) is 18.8 Å². The molecular weight excluding hydrogens is 498 g/mol. The van der Waals surface area contributed by atoms with Crippen LogP contribution in [0.25, 0.3) is 0 Å². The highest BCUT2D eigenvalue weighted by atomic mass is 16.5. The fraction of sp³-hybridized carbons (Fsp3) is 0.733. The number of carbonyl (C=O) groups is 2. The van der Waals surface area contributed by atoms with Crippen molar-refractivity contribution in [3.05, 3.63) is 23.8 Å². The molecule has 0 bridgehead atoms. The van der Waals surface area contributed by atoms with E-state index < -0.39 is 117 Å². The van der Waals surface area contributed by atoms with Crippen LogP contribution in [0.2, 0.25) is 0 Å². The van der Waals surface area contributed by atoms with Crippen LogP contribution in [0.4, 0.5) is 0 Å². The summed E-state index contributed by atoms with van der Waals surface area (Å²) in [6.07, 6.45) is -20.1. The van der Waals surface area contributed by atoms with E-state index >= 15 is 0 Å². The van der Waals surface area contributed by atoms with E-state index in [0.717, 1.165) is 27.0 Å². The molecule has 6 N–H and O–H groups in total. The molecule has 224 valence electrons. The van der Waals surface area contributed by atoms with Gasteiger partial charge in [0.2, 0.25) is 11.8 Å². The minimum Gasteiger partial charge on any atom is -0.493 e. The second-order valence-electron chi connectivity index (χ2n) is 8.63. The molecule has 0 saturated carbocycles. The topological polar surface area (TPSA) is 146 Å². The van der Waals surface area contributed by atoms with Gasteiger partial charge in [-0.25, -0.2) is 0 Å². The highest BCUT2D eigenvalue weighted by molar-refractivity contribution is 5.83. The predicted octanol–water partition coefficient (Wildman–Crippen LogP) is 3.29. The molecule has 1 aromatic rings. The third kappa shape index (κ3) is 11.7. The van der Waals surface area contributed by atoms with Gasteiger partial charge in [0.15, 0.2) is 11.5 Å². The molecule has 0 aromatic heterocycles. The molecule has 9 heteroatoms. The molecule has 0 spiro atoms. The molecule has 0 fully saturated rings. The van der Waals surface area contributed by atoms with Crippen LogP contribution < -0.4 is 26.3 Å². The van der Waals surface area contributed by atoms with Crippen LogP contribution in [0, 0.1) is 29.0 Å². The number of nitrogens with two attached hydrogens (primary N) is 2. The van der Waals surface area contributed by atoms with Gasteiger partial charge in [0.05, 0.1) is 26.6 Å². The van der Waals surface area contributed by atoms with Crippen molar-refractivity contribution in [2.24, 2.45) is 40.5 Å². The van der Waals surface area contributed by atoms with E-state index in [1.807, 2.05) is 0 Å². The normalized spacial score (nSPS) is 30.3. The van der Waals surface area contributed by atoms with Gasteiger partial charge in [0.25, 0.3) is 0 Å². The van der Waals surface area contributed by atoms with Gasteiger partial charge in [0.1, 0.15) is 0 Å². The zero-order valence-corrected chi connectivity index (χ0v) is 22.2. The number of carbonyl (C=O) groups excluding carboxylic acids is 2. The Morgan fingerprint density at radius 2 is 1.82 bits per heavy atom. The van der Waals surface area contributed by atoms with Crippen LogP contribution in [0.15, 0.2) is 18.2 Å². The average molecular weight is 576 g/mol. The Morgan fingerprint density at radius 3 is 2.41 bits per heavy atom. The highest BCUT2D eigenvalue weighted by Crippen LogP contribution is 2.32. The Bertz CT molecular complexity index is 1780. The molecule has 2 amide bonds. The summed E-state index contributed by atoms with van der Waals surface area (Å²) in [5, 5.41) is 13.6. The number of rotatable bonds is 19. The molecule has 9 nitrogen and oxygen atoms in total. The number of ether oxygens (including phenoxy) is 3. The van der Waals surface area contributed by atoms with Crippen LogP contribution in [0.1, 0.15) is 98.9 Å². The van der Waals surface area contributed by atoms with Gasteiger partial charge in [-0.1, -0.05) is 33.5 Å². The summed E-state index contributed by atoms with van der Waals surface area (Å²) in [6, 6.07) is -2.93. The van der Waals surface area contributed by atoms with E-state index in [1.165, 1.54) is 7.11 Å². The van der Waals surface area contributed by atoms with Crippen molar-refractivity contribution in [1.29, 1.82) is 0 Å². The molecule has 39 heavy (non-hydrogen) atoms. The summed E-state index contributed by atoms with van der Waals surface area (Å²) in [6.45, 7) is -17.4. The maximum atomic E-state index is 14.1. The highest BCUT2D eigenvalue weighted by Gasteiger charge is 2.32. The number of aliphatic hydroxyl groups is 1. The molecular formula is C30H53N3O6. The van der Waals surface area contributed by atoms with Crippen LogP contribution in [-0.2, 0) is 20.7 Å². The van der Waals surface area contributed by atoms with Crippen molar-refractivity contribution < 1.29 is 61.8 Å². The zero-order valence-electron chi connectivity index (χ0n) is 46.2. The van der Waals surface area contributed by atoms with E-state index in [2.05, 4.69) is 0 Å². The maximum Gasteiger partial charge on any atom is 0.224 e. The first-order valence-corrected chi connectivity index (χ1v) is 11.5. The lowest BCUT2D eigenvalue weighted by molar-refractivity contribution is -0.130. The number of hydrogen-bond donors (Lipinski definition) is 4. The largest absolute Gasteiger partial charge is 0.493 e. The van der Waals surface area contributed by atoms with Gasteiger partial charge in [-0.15, -0.1) is 0 Å². The number of primary amides is 1. The molecule has 1 aromatic carbocycles. The lowest BCUT2D eigenvalue weighted by Crippen LogP contribution is -2.46. The fourth-order valence-corrected chi connectivity index (χ4v) is 2.64. The standard InChI is InChI=1S/C30H53N3O6/c1-19(2)22(14-21-10-11-26(38-8)27(15-21)39-13-9-12-37-7)16-24(31)25(34)17-23(20(3)4)28(35)33-18-30(5,6)29(32)36/h10-11,15,19-20,22-25,34H,9,12-14,16-18,31H2,1-8H3,(H2,32,36)(H,33,35)/t22-,23-,24-,25-/m0/s1/i1D3,2D3,3D3,4D3,14D2,16D2,17D2,19D,20D,22D,23D,24D,25D. The van der Waals surface area contributed by atoms with Crippen molar-refractivity contribution in [3.63, 3.8) is 0 Å². The molecule has 0 saturated heterocycles. The van der Waals surface area contributed by atoms with Gasteiger partial charge >= 0.3 is 0 Å². The third-order valence-electron chi connectivity index (χ3n) is 5.03. The van der Waals surface area contributed by atoms with Crippen LogP contribution in [-0.4, -0.2) is 63.0 Å². The maximum absolute atomic E-state index is 14.1. The molecule has 1 rings (SSSR count). The summed E-state index contributed by atoms with van der Waals surface area (Å²) in [5.74, 6) is -24.4. The van der Waals surface area contributed by atoms with Crippen molar-refractivity contribution >= 4 is 11.8 Å². The van der Waals surface area contributed by atoms with Gasteiger partial charge in [-0.2, -0.15) is 0 Å². The summed E-state index contributed by atoms with van der Waals surface area (Å²) in [5.41, 5.74) is 8.17. The van der Waals surface area contributed by atoms with Crippen LogP contribution in [0.5, 0.6) is 11.5 Å². The smallest absolute Gasteiger partial charge is 0.224 e. The van der Waals surface area contributed by atoms with E-state index in [0.29, 0.717) is 12.1 Å². The number of methoxy groups -OCH3 is 2. The van der Waals surface area contributed by atoms with Crippen molar-refractivity contribution in [1.82, 2.24) is 5.32 Å². The summed E-state index contributed by atoms with van der Waals surface area (Å²) in [7, 11) is 2.46. The molecule has 4 atom stereocenters. The van der Waals surface area contributed by atoms with Gasteiger partial charge in [-0.05, 0) is 68.3 Å². The first-order valence-electron chi connectivity index (χ1n) is 23.5. The van der Waals surface area contributed by atoms with Crippen molar-refractivity contribution in [2.75, 3.05) is 34.0 Å². The third-order valence-corrected chi connectivity index (χ3v) is 5.03. The Kier molecular flexibility index (Phi) is 5.41. The second kappa shape index (κ2) is 16.7. The van der Waals surface area contributed by atoms with Gasteiger partial charge < -0.3 is 36.1 Å². The number of amides is 2. The van der Waals surface area contributed by atoms with Crippen molar-refractivity contribution in [3.8, 4) is 11.5 Å². The van der Waals surface area contributed by atoms with Gasteiger partial charge in [-0.3, -0.25) is 9.59 Å². The van der Waals surface area contributed by atoms with Crippen LogP contribution in [0.3, 0.4) is 0 Å². The monoisotopic (exact) mass is 576 g/mol. The van der Waals surface area contributed by atoms with E-state index in [-0.39, 0.29) is 25.4 Å². The van der Waals surface area contributed by atoms with E-state index in [4.69, 9.17) is 54.5 Å². The predicted molar refractivity (Wildman–Crippen MR) is 155 cm³/mol. The molecule has 0 heterocycles. The molecule has 0 aliphatic carbocycles. The Balaban J connectivity index is 4.77. The SMILES string of the molecule is [2H]C([2H])([2H])C([2H])(C([2H])([2H])[2H])[C@@]([2H])(C(=O)NCC(C)(C)C(N)=O)C([2H])([2H])[C@]([2H])(O)[C@@]([2H])(N)C([2H])([2H])[C@]([2H])(C([2H])([2H])c1ccc(OC)c(OCCCOC)c1)C([2H])(C([2H])([2H])[2H])C([2H])([2H])[2H]. The number of hydrogen-bond acceptors (Lipinski definition) is 7. The van der Waals surface area contributed by atoms with E-state index in [1.54, 1.807) is 5.32 Å². The zero-order chi connectivity index (χ0) is 50.7. The molecule has 0 radical (unpaired) electrons. The lowest BCUT2D eigenvalue weighted by atomic mass is 9.80. The first-order chi connectivity index (χ1) is 27.6. The molecule has 0 aliphatic heterocycles. The fourth-order valence-electron chi connectivity index (χ4n) is 2.64. The Labute approximate surface area is 269 Å². The summed E-state index contributed by atoms with van der Waals surface area (Å²) in [4.78, 5) is 26.1. The average Bonchev–Trinajstić information content (AvgIpc) is 3.11. The van der Waals surface area contributed by atoms with Gasteiger partial charge in [0, 0.05) is 70.1 Å². The van der Waals surface area contributed by atoms with Crippen molar-refractivity contribution in [2.45, 2.75) is 78.9 Å². The quantitative estimate of drug-likeness (QED) is 0.185. The minimum absolute atomic E-state index is 0.121. The Morgan fingerprint density at radius 1 is 1.13 bits per heavy atom. The lowest BCUT2D eigenvalue weighted by Gasteiger charge is -2.30. The van der Waals surface area contributed by atoms with Crippen LogP contribution >= 0.6 is 0 Å². The first kappa shape index (κ1) is 12.7. The summed E-state index contributed by atoms with van der Waals surface area (Å²) >= 11 is 0. The molecule has 0 aliphatic rings. The second-order valence-corrected chi connectivity index (χ2v) is 8.63. The molecule has 0 unspecified atom stereocenters. The number of benzene rings is 1. The Hall–Kier alpha value is -2.36. The number of nitrogens with one attached hydrogen (secondary N) is 1. The minimum atomic E-state index is -5.42.